The summed E-state index contributed by atoms with van der Waals surface area (Å²) in [6, 6.07) is 13.8. The molecule has 2 amide bonds. The summed E-state index contributed by atoms with van der Waals surface area (Å²) in [5.74, 6) is -0.466. The molecule has 0 bridgehead atoms. The van der Waals surface area contributed by atoms with Crippen molar-refractivity contribution in [3.63, 3.8) is 0 Å². The molecule has 0 saturated carbocycles. The van der Waals surface area contributed by atoms with Gasteiger partial charge in [-0.25, -0.2) is 8.42 Å². The van der Waals surface area contributed by atoms with Gasteiger partial charge in [0.1, 0.15) is 0 Å². The van der Waals surface area contributed by atoms with Gasteiger partial charge >= 0.3 is 0 Å². The fraction of sp³-hybridized carbons (Fsp3) is 0.391. The molecule has 0 aromatic heterocycles. The molecule has 0 spiro atoms. The number of hydrogen-bond acceptors (Lipinski definition) is 4. The van der Waals surface area contributed by atoms with Crippen molar-refractivity contribution >= 4 is 33.2 Å². The number of aryl methyl sites for hydroxylation is 1. The Hall–Kier alpha value is -2.71. The number of hydrogen-bond donors (Lipinski definition) is 1. The summed E-state index contributed by atoms with van der Waals surface area (Å²) in [7, 11) is -3.61. The second-order valence-electron chi connectivity index (χ2n) is 8.15. The molecule has 1 N–H and O–H groups in total. The zero-order valence-electron chi connectivity index (χ0n) is 17.6. The third kappa shape index (κ3) is 4.50. The summed E-state index contributed by atoms with van der Waals surface area (Å²) in [6.07, 6.45) is 2.72. The summed E-state index contributed by atoms with van der Waals surface area (Å²) in [6.45, 7) is 3.23. The molecule has 8 heteroatoms. The fourth-order valence-electron chi connectivity index (χ4n) is 4.30. The largest absolute Gasteiger partial charge is 0.326 e. The quantitative estimate of drug-likeness (QED) is 0.772. The summed E-state index contributed by atoms with van der Waals surface area (Å²) in [5.41, 5.74) is 2.45. The van der Waals surface area contributed by atoms with Gasteiger partial charge in [-0.3, -0.25) is 9.59 Å². The summed E-state index contributed by atoms with van der Waals surface area (Å²) >= 11 is 0. The highest BCUT2D eigenvalue weighted by atomic mass is 32.2. The molecule has 164 valence electrons. The van der Waals surface area contributed by atoms with E-state index in [2.05, 4.69) is 5.32 Å². The molecule has 2 aromatic carbocycles. The highest BCUT2D eigenvalue weighted by Gasteiger charge is 2.33. The van der Waals surface area contributed by atoms with E-state index >= 15 is 0 Å². The molecular weight excluding hydrogens is 414 g/mol. The minimum absolute atomic E-state index is 0.127. The summed E-state index contributed by atoms with van der Waals surface area (Å²) in [5, 5.41) is 2.93. The Kier molecular flexibility index (Phi) is 6.11. The lowest BCUT2D eigenvalue weighted by Crippen LogP contribution is -2.43. The van der Waals surface area contributed by atoms with E-state index in [0.29, 0.717) is 31.5 Å². The van der Waals surface area contributed by atoms with Crippen LogP contribution >= 0.6 is 0 Å². The smallest absolute Gasteiger partial charge is 0.243 e. The molecule has 2 aliphatic rings. The second kappa shape index (κ2) is 8.80. The Morgan fingerprint density at radius 2 is 1.84 bits per heavy atom. The first kappa shape index (κ1) is 21.5. The second-order valence-corrected chi connectivity index (χ2v) is 10.1. The van der Waals surface area contributed by atoms with Crippen LogP contribution in [0.15, 0.2) is 53.4 Å². The maximum Gasteiger partial charge on any atom is 0.243 e. The van der Waals surface area contributed by atoms with E-state index in [-0.39, 0.29) is 23.3 Å². The van der Waals surface area contributed by atoms with Gasteiger partial charge in [-0.1, -0.05) is 18.2 Å². The average Bonchev–Trinajstić information content (AvgIpc) is 3.20. The molecule has 2 saturated heterocycles. The zero-order chi connectivity index (χ0) is 22.0. The number of nitrogens with zero attached hydrogens (tertiary/aromatic N) is 2. The van der Waals surface area contributed by atoms with Gasteiger partial charge in [0.05, 0.1) is 10.8 Å². The van der Waals surface area contributed by atoms with Crippen LogP contribution in [0.4, 0.5) is 11.4 Å². The molecule has 2 aromatic rings. The monoisotopic (exact) mass is 441 g/mol. The van der Waals surface area contributed by atoms with Crippen molar-refractivity contribution in [2.75, 3.05) is 29.9 Å². The van der Waals surface area contributed by atoms with Crippen molar-refractivity contribution in [2.24, 2.45) is 5.92 Å². The van der Waals surface area contributed by atoms with E-state index in [0.717, 1.165) is 24.2 Å². The van der Waals surface area contributed by atoms with Crippen molar-refractivity contribution in [1.82, 2.24) is 4.31 Å². The van der Waals surface area contributed by atoms with E-state index in [1.165, 1.54) is 4.31 Å². The number of benzene rings is 2. The molecule has 4 rings (SSSR count). The van der Waals surface area contributed by atoms with E-state index in [1.54, 1.807) is 41.3 Å². The number of carbonyl (C=O) groups is 2. The van der Waals surface area contributed by atoms with Crippen molar-refractivity contribution < 1.29 is 18.0 Å². The molecule has 1 atom stereocenters. The first-order valence-electron chi connectivity index (χ1n) is 10.6. The third-order valence-electron chi connectivity index (χ3n) is 5.96. The Labute approximate surface area is 183 Å². The number of carbonyl (C=O) groups excluding carboxylic acids is 2. The third-order valence-corrected chi connectivity index (χ3v) is 7.84. The number of amides is 2. The predicted octanol–water partition coefficient (Wildman–Crippen LogP) is 3.16. The van der Waals surface area contributed by atoms with Gasteiger partial charge in [0, 0.05) is 37.4 Å². The van der Waals surface area contributed by atoms with Crippen LogP contribution in [0.5, 0.6) is 0 Å². The Morgan fingerprint density at radius 3 is 2.52 bits per heavy atom. The number of sulfonamides is 1. The van der Waals surface area contributed by atoms with Crippen molar-refractivity contribution in [3.8, 4) is 0 Å². The summed E-state index contributed by atoms with van der Waals surface area (Å²) < 4.78 is 27.2. The fourth-order valence-corrected chi connectivity index (χ4v) is 5.84. The van der Waals surface area contributed by atoms with Gasteiger partial charge in [0.15, 0.2) is 0 Å². The molecule has 1 unspecified atom stereocenters. The lowest BCUT2D eigenvalue weighted by molar-refractivity contribution is -0.121. The topological polar surface area (TPSA) is 86.8 Å². The number of rotatable bonds is 5. The first-order valence-corrected chi connectivity index (χ1v) is 12.1. The van der Waals surface area contributed by atoms with Gasteiger partial charge in [0.25, 0.3) is 0 Å². The van der Waals surface area contributed by atoms with Crippen LogP contribution in [0.1, 0.15) is 31.2 Å². The van der Waals surface area contributed by atoms with Gasteiger partial charge in [-0.15, -0.1) is 0 Å². The number of nitrogens with one attached hydrogen (secondary N) is 1. The molecule has 7 nitrogen and oxygen atoms in total. The Balaban J connectivity index is 1.44. The van der Waals surface area contributed by atoms with Crippen LogP contribution in [0.3, 0.4) is 0 Å². The highest BCUT2D eigenvalue weighted by molar-refractivity contribution is 7.89. The first-order chi connectivity index (χ1) is 14.9. The molecule has 31 heavy (non-hydrogen) atoms. The molecule has 2 aliphatic heterocycles. The van der Waals surface area contributed by atoms with Crippen LogP contribution < -0.4 is 10.2 Å². The van der Waals surface area contributed by atoms with E-state index < -0.39 is 15.9 Å². The number of anilines is 2. The Morgan fingerprint density at radius 1 is 1.06 bits per heavy atom. The van der Waals surface area contributed by atoms with Gasteiger partial charge in [-0.2, -0.15) is 4.31 Å². The molecule has 2 fully saturated rings. The molecule has 2 heterocycles. The highest BCUT2D eigenvalue weighted by Crippen LogP contribution is 2.29. The lowest BCUT2D eigenvalue weighted by Gasteiger charge is -2.31. The van der Waals surface area contributed by atoms with Crippen LogP contribution in [0.2, 0.25) is 0 Å². The minimum Gasteiger partial charge on any atom is -0.326 e. The van der Waals surface area contributed by atoms with E-state index in [9.17, 15) is 18.0 Å². The lowest BCUT2D eigenvalue weighted by atomic mass is 9.98. The van der Waals surface area contributed by atoms with Crippen molar-refractivity contribution in [1.29, 1.82) is 0 Å². The Bertz CT molecular complexity index is 1090. The van der Waals surface area contributed by atoms with Crippen LogP contribution in [0.25, 0.3) is 0 Å². The molecular formula is C23H27N3O4S. The predicted molar refractivity (Wildman–Crippen MR) is 119 cm³/mol. The number of piperidine rings is 1. The molecule has 0 aliphatic carbocycles. The molecule has 0 radical (unpaired) electrons. The maximum absolute atomic E-state index is 12.9. The van der Waals surface area contributed by atoms with Crippen LogP contribution in [0, 0.1) is 12.8 Å². The minimum atomic E-state index is -3.61. The van der Waals surface area contributed by atoms with Gasteiger partial charge < -0.3 is 10.2 Å². The van der Waals surface area contributed by atoms with Crippen LogP contribution in [-0.2, 0) is 19.6 Å². The summed E-state index contributed by atoms with van der Waals surface area (Å²) in [4.78, 5) is 26.9. The maximum atomic E-state index is 12.9. The SMILES string of the molecule is Cc1cc(NC(=O)C2CCCN(S(=O)(=O)c3ccccc3)C2)ccc1N1CCCC1=O. The van der Waals surface area contributed by atoms with Crippen molar-refractivity contribution in [3.05, 3.63) is 54.1 Å². The van der Waals surface area contributed by atoms with E-state index in [1.807, 2.05) is 19.1 Å². The van der Waals surface area contributed by atoms with Gasteiger partial charge in [-0.05, 0) is 62.1 Å². The van der Waals surface area contributed by atoms with E-state index in [4.69, 9.17) is 0 Å². The zero-order valence-corrected chi connectivity index (χ0v) is 18.4. The van der Waals surface area contributed by atoms with Gasteiger partial charge in [0.2, 0.25) is 21.8 Å². The van der Waals surface area contributed by atoms with Crippen molar-refractivity contribution in [2.45, 2.75) is 37.5 Å². The normalized spacial score (nSPS) is 20.1. The average molecular weight is 442 g/mol. The standard InChI is InChI=1S/C23H27N3O4S/c1-17-15-19(11-12-21(17)26-14-6-10-22(26)27)24-23(28)18-7-5-13-25(16-18)31(29,30)20-8-3-2-4-9-20/h2-4,8-9,11-12,15,18H,5-7,10,13-14,16H2,1H3,(H,24,28). The van der Waals surface area contributed by atoms with Crippen LogP contribution in [-0.4, -0.2) is 44.2 Å².